The molecule has 0 aliphatic carbocycles. The maximum absolute atomic E-state index is 12.8. The first-order chi connectivity index (χ1) is 16.5. The zero-order valence-corrected chi connectivity index (χ0v) is 18.9. The average Bonchev–Trinajstić information content (AvgIpc) is 3.20. The molecule has 34 heavy (non-hydrogen) atoms. The molecule has 6 nitrogen and oxygen atoms in total. The Labute approximate surface area is 197 Å². The van der Waals surface area contributed by atoms with Gasteiger partial charge in [-0.3, -0.25) is 4.79 Å². The van der Waals surface area contributed by atoms with Crippen molar-refractivity contribution in [2.24, 2.45) is 0 Å². The Hall–Kier alpha value is -4.63. The van der Waals surface area contributed by atoms with Gasteiger partial charge in [-0.1, -0.05) is 48.5 Å². The first kappa shape index (κ1) is 22.6. The van der Waals surface area contributed by atoms with E-state index in [0.717, 1.165) is 27.6 Å². The van der Waals surface area contributed by atoms with Crippen LogP contribution in [0.15, 0.2) is 84.6 Å². The van der Waals surface area contributed by atoms with Gasteiger partial charge in [0.25, 0.3) is 5.91 Å². The summed E-state index contributed by atoms with van der Waals surface area (Å²) in [6.07, 6.45) is 3.52. The maximum Gasteiger partial charge on any atom is 0.337 e. The number of nitrogens with zero attached hydrogens (tertiary/aromatic N) is 2. The highest BCUT2D eigenvalue weighted by Gasteiger charge is 2.14. The van der Waals surface area contributed by atoms with Gasteiger partial charge in [-0.2, -0.15) is 5.26 Å². The van der Waals surface area contributed by atoms with Crippen molar-refractivity contribution in [3.63, 3.8) is 0 Å². The standard InChI is InChI=1S/C28H23N3O3/c1-19-8-3-5-12-25(19)30-27(32)22(16-29)15-23-18-31(26-13-6-4-11-24(23)26)17-20-9-7-10-21(14-20)28(33)34-2/h3-15,18H,17H2,1-2H3,(H,30,32). The number of carbonyl (C=O) groups is 2. The van der Waals surface area contributed by atoms with Gasteiger partial charge in [-0.25, -0.2) is 4.79 Å². The number of para-hydroxylation sites is 2. The van der Waals surface area contributed by atoms with Gasteiger partial charge in [0.1, 0.15) is 11.6 Å². The molecule has 0 aliphatic rings. The van der Waals surface area contributed by atoms with Crippen LogP contribution in [0.1, 0.15) is 27.0 Å². The number of ether oxygens (including phenoxy) is 1. The molecule has 6 heteroatoms. The number of methoxy groups -OCH3 is 1. The van der Waals surface area contributed by atoms with E-state index in [1.54, 1.807) is 24.3 Å². The highest BCUT2D eigenvalue weighted by Crippen LogP contribution is 2.25. The number of esters is 1. The summed E-state index contributed by atoms with van der Waals surface area (Å²) in [5, 5.41) is 13.4. The van der Waals surface area contributed by atoms with Gasteiger partial charge < -0.3 is 14.6 Å². The molecule has 0 spiro atoms. The second kappa shape index (κ2) is 9.88. The molecule has 0 unspecified atom stereocenters. The first-order valence-electron chi connectivity index (χ1n) is 10.7. The third-order valence-corrected chi connectivity index (χ3v) is 5.58. The number of nitrogens with one attached hydrogen (secondary N) is 1. The lowest BCUT2D eigenvalue weighted by atomic mass is 10.1. The molecule has 4 aromatic rings. The molecule has 0 radical (unpaired) electrons. The number of carbonyl (C=O) groups excluding carboxylic acids is 2. The maximum atomic E-state index is 12.8. The van der Waals surface area contributed by atoms with E-state index in [9.17, 15) is 14.9 Å². The van der Waals surface area contributed by atoms with E-state index in [-0.39, 0.29) is 11.5 Å². The molecule has 1 N–H and O–H groups in total. The normalized spacial score (nSPS) is 11.1. The lowest BCUT2D eigenvalue weighted by Gasteiger charge is -2.07. The largest absolute Gasteiger partial charge is 0.465 e. The monoisotopic (exact) mass is 449 g/mol. The molecular formula is C28H23N3O3. The number of benzene rings is 3. The predicted molar refractivity (Wildman–Crippen MR) is 132 cm³/mol. The number of hydrogen-bond acceptors (Lipinski definition) is 4. The minimum absolute atomic E-state index is 0.0128. The van der Waals surface area contributed by atoms with Gasteiger partial charge in [0.05, 0.1) is 12.7 Å². The summed E-state index contributed by atoms with van der Waals surface area (Å²) in [6, 6.07) is 24.5. The van der Waals surface area contributed by atoms with Crippen molar-refractivity contribution >= 4 is 34.5 Å². The van der Waals surface area contributed by atoms with Crippen LogP contribution in [0.2, 0.25) is 0 Å². The summed E-state index contributed by atoms with van der Waals surface area (Å²) < 4.78 is 6.86. The van der Waals surface area contributed by atoms with Crippen LogP contribution < -0.4 is 5.32 Å². The van der Waals surface area contributed by atoms with E-state index in [1.165, 1.54) is 7.11 Å². The number of fused-ring (bicyclic) bond motifs is 1. The number of nitriles is 1. The Kier molecular flexibility index (Phi) is 6.56. The number of rotatable bonds is 6. The zero-order valence-electron chi connectivity index (χ0n) is 18.9. The van der Waals surface area contributed by atoms with Crippen LogP contribution in [0.3, 0.4) is 0 Å². The lowest BCUT2D eigenvalue weighted by Crippen LogP contribution is -2.14. The van der Waals surface area contributed by atoms with Gasteiger partial charge in [0.2, 0.25) is 0 Å². The fourth-order valence-electron chi connectivity index (χ4n) is 3.84. The predicted octanol–water partition coefficient (Wildman–Crippen LogP) is 5.33. The van der Waals surface area contributed by atoms with Crippen LogP contribution in [-0.4, -0.2) is 23.6 Å². The Morgan fingerprint density at radius 2 is 1.82 bits per heavy atom. The van der Waals surface area contributed by atoms with Gasteiger partial charge in [-0.15, -0.1) is 0 Å². The van der Waals surface area contributed by atoms with Crippen LogP contribution in [-0.2, 0) is 16.1 Å². The van der Waals surface area contributed by atoms with E-state index < -0.39 is 5.91 Å². The number of aromatic nitrogens is 1. The molecule has 3 aromatic carbocycles. The van der Waals surface area contributed by atoms with Crippen LogP contribution in [0, 0.1) is 18.3 Å². The van der Waals surface area contributed by atoms with Crippen LogP contribution in [0.25, 0.3) is 17.0 Å². The molecule has 0 saturated carbocycles. The average molecular weight is 450 g/mol. The summed E-state index contributed by atoms with van der Waals surface area (Å²) in [5.74, 6) is -0.847. The Balaban J connectivity index is 1.68. The van der Waals surface area contributed by atoms with E-state index in [2.05, 4.69) is 5.32 Å². The quantitative estimate of drug-likeness (QED) is 0.245. The zero-order chi connectivity index (χ0) is 24.1. The molecule has 168 valence electrons. The molecular weight excluding hydrogens is 426 g/mol. The van der Waals surface area contributed by atoms with Crippen LogP contribution in [0.4, 0.5) is 5.69 Å². The van der Waals surface area contributed by atoms with Gasteiger partial charge >= 0.3 is 5.97 Å². The van der Waals surface area contributed by atoms with Crippen molar-refractivity contribution in [3.8, 4) is 6.07 Å². The third kappa shape index (κ3) is 4.74. The molecule has 0 atom stereocenters. The molecule has 4 rings (SSSR count). The Bertz CT molecular complexity index is 1460. The smallest absolute Gasteiger partial charge is 0.337 e. The molecule has 1 aromatic heterocycles. The van der Waals surface area contributed by atoms with E-state index in [4.69, 9.17) is 4.74 Å². The van der Waals surface area contributed by atoms with Crippen LogP contribution in [0.5, 0.6) is 0 Å². The highest BCUT2D eigenvalue weighted by atomic mass is 16.5. The lowest BCUT2D eigenvalue weighted by molar-refractivity contribution is -0.112. The summed E-state index contributed by atoms with van der Waals surface area (Å²) in [7, 11) is 1.36. The number of anilines is 1. The number of aryl methyl sites for hydroxylation is 1. The molecule has 0 fully saturated rings. The van der Waals surface area contributed by atoms with E-state index in [0.29, 0.717) is 17.8 Å². The fourth-order valence-corrected chi connectivity index (χ4v) is 3.84. The summed E-state index contributed by atoms with van der Waals surface area (Å²) in [4.78, 5) is 24.7. The topological polar surface area (TPSA) is 84.1 Å². The molecule has 1 amide bonds. The second-order valence-electron chi connectivity index (χ2n) is 7.86. The highest BCUT2D eigenvalue weighted by molar-refractivity contribution is 6.11. The SMILES string of the molecule is COC(=O)c1cccc(Cn2cc(C=C(C#N)C(=O)Nc3ccccc3C)c3ccccc32)c1. The van der Waals surface area contributed by atoms with Crippen molar-refractivity contribution in [1.29, 1.82) is 5.26 Å². The van der Waals surface area contributed by atoms with Gasteiger partial charge in [0.15, 0.2) is 0 Å². The van der Waals surface area contributed by atoms with Gasteiger partial charge in [-0.05, 0) is 48.4 Å². The second-order valence-corrected chi connectivity index (χ2v) is 7.86. The van der Waals surface area contributed by atoms with E-state index >= 15 is 0 Å². The molecule has 0 aliphatic heterocycles. The number of hydrogen-bond donors (Lipinski definition) is 1. The third-order valence-electron chi connectivity index (χ3n) is 5.58. The van der Waals surface area contributed by atoms with E-state index in [1.807, 2.05) is 78.4 Å². The molecule has 1 heterocycles. The van der Waals surface area contributed by atoms with Gasteiger partial charge in [0, 0.05) is 34.9 Å². The van der Waals surface area contributed by atoms with Crippen molar-refractivity contribution in [2.45, 2.75) is 13.5 Å². The summed E-state index contributed by atoms with van der Waals surface area (Å²) in [6.45, 7) is 2.41. The summed E-state index contributed by atoms with van der Waals surface area (Å²) >= 11 is 0. The Morgan fingerprint density at radius 1 is 1.06 bits per heavy atom. The summed E-state index contributed by atoms with van der Waals surface area (Å²) in [5.41, 5.74) is 4.72. The molecule has 0 saturated heterocycles. The fraction of sp³-hybridized carbons (Fsp3) is 0.107. The first-order valence-corrected chi connectivity index (χ1v) is 10.7. The number of amides is 1. The van der Waals surface area contributed by atoms with Crippen molar-refractivity contribution in [3.05, 3.63) is 107 Å². The van der Waals surface area contributed by atoms with Crippen LogP contribution >= 0.6 is 0 Å². The van der Waals surface area contributed by atoms with Crippen molar-refractivity contribution < 1.29 is 14.3 Å². The minimum Gasteiger partial charge on any atom is -0.465 e. The van der Waals surface area contributed by atoms with Crippen molar-refractivity contribution in [2.75, 3.05) is 12.4 Å². The van der Waals surface area contributed by atoms with Crippen molar-refractivity contribution in [1.82, 2.24) is 4.57 Å². The Morgan fingerprint density at radius 3 is 2.59 bits per heavy atom. The minimum atomic E-state index is -0.459. The molecule has 0 bridgehead atoms.